The molecule has 0 amide bonds. The van der Waals surface area contributed by atoms with Gasteiger partial charge in [-0.1, -0.05) is 146 Å². The van der Waals surface area contributed by atoms with Crippen LogP contribution in [0, 0.1) is 5.92 Å². The standard InChI is InChI=1S/C43H39NO/c1-31(2)44-39-27-17-16-26-38(39)42(3,29-32-18-8-4-9-19-32)43(44)30-36(33-20-10-5-11-21-33)28-37(34-22-12-6-13-23-34)40(43)41(45)35-24-14-7-15-25-35/h4-28,30-31,40H,29H2,1-3H3. The molecule has 2 heteroatoms. The van der Waals surface area contributed by atoms with Gasteiger partial charge in [0, 0.05) is 22.7 Å². The lowest BCUT2D eigenvalue weighted by Gasteiger charge is -2.55. The van der Waals surface area contributed by atoms with Crippen LogP contribution in [0.2, 0.25) is 0 Å². The molecule has 3 unspecified atom stereocenters. The predicted molar refractivity (Wildman–Crippen MR) is 187 cm³/mol. The third-order valence-electron chi connectivity index (χ3n) is 9.93. The van der Waals surface area contributed by atoms with Gasteiger partial charge in [0.05, 0.1) is 11.5 Å². The van der Waals surface area contributed by atoms with Gasteiger partial charge < -0.3 is 4.90 Å². The molecule has 0 bridgehead atoms. The van der Waals surface area contributed by atoms with E-state index in [-0.39, 0.29) is 11.8 Å². The van der Waals surface area contributed by atoms with Crippen LogP contribution in [0.1, 0.15) is 53.4 Å². The first-order valence-electron chi connectivity index (χ1n) is 16.0. The molecular weight excluding hydrogens is 546 g/mol. The van der Waals surface area contributed by atoms with E-state index in [2.05, 4.69) is 153 Å². The Morgan fingerprint density at radius 3 is 1.84 bits per heavy atom. The number of ketones is 1. The second-order valence-corrected chi connectivity index (χ2v) is 12.9. The molecule has 1 heterocycles. The highest BCUT2D eigenvalue weighted by Gasteiger charge is 2.65. The first-order chi connectivity index (χ1) is 21.9. The van der Waals surface area contributed by atoms with Gasteiger partial charge in [0.25, 0.3) is 0 Å². The summed E-state index contributed by atoms with van der Waals surface area (Å²) in [5.74, 6) is -0.329. The number of carbonyl (C=O) groups excluding carboxylic acids is 1. The van der Waals surface area contributed by atoms with Crippen molar-refractivity contribution < 1.29 is 4.79 Å². The molecule has 2 aliphatic rings. The molecule has 0 saturated carbocycles. The third kappa shape index (κ3) is 4.68. The number of hydrogen-bond acceptors (Lipinski definition) is 2. The minimum atomic E-state index is -0.723. The van der Waals surface area contributed by atoms with Crippen molar-refractivity contribution in [3.05, 3.63) is 186 Å². The van der Waals surface area contributed by atoms with Gasteiger partial charge >= 0.3 is 0 Å². The minimum Gasteiger partial charge on any atom is -0.358 e. The molecule has 0 fully saturated rings. The molecule has 0 N–H and O–H groups in total. The van der Waals surface area contributed by atoms with Crippen molar-refractivity contribution >= 4 is 22.6 Å². The lowest BCUT2D eigenvalue weighted by molar-refractivity contribution is 0.0871. The summed E-state index contributed by atoms with van der Waals surface area (Å²) in [6, 6.07) is 50.9. The topological polar surface area (TPSA) is 20.3 Å². The summed E-state index contributed by atoms with van der Waals surface area (Å²) in [6.45, 7) is 6.94. The summed E-state index contributed by atoms with van der Waals surface area (Å²) in [7, 11) is 0. The van der Waals surface area contributed by atoms with Crippen molar-refractivity contribution in [3.8, 4) is 0 Å². The van der Waals surface area contributed by atoms with Crippen molar-refractivity contribution in [1.29, 1.82) is 0 Å². The maximum atomic E-state index is 15.4. The Balaban J connectivity index is 1.61. The molecule has 45 heavy (non-hydrogen) atoms. The van der Waals surface area contributed by atoms with Crippen LogP contribution in [0.15, 0.2) is 158 Å². The Hall–Kier alpha value is -4.95. The molecule has 1 aliphatic carbocycles. The number of anilines is 1. The average molecular weight is 586 g/mol. The molecule has 0 aromatic heterocycles. The number of fused-ring (bicyclic) bond motifs is 1. The van der Waals surface area contributed by atoms with Gasteiger partial charge in [0.1, 0.15) is 0 Å². The largest absolute Gasteiger partial charge is 0.358 e. The highest BCUT2D eigenvalue weighted by Crippen LogP contribution is 2.62. The van der Waals surface area contributed by atoms with E-state index in [4.69, 9.17) is 0 Å². The summed E-state index contributed by atoms with van der Waals surface area (Å²) in [5, 5.41) is 0. The van der Waals surface area contributed by atoms with Crippen LogP contribution < -0.4 is 4.90 Å². The van der Waals surface area contributed by atoms with Gasteiger partial charge in [-0.2, -0.15) is 0 Å². The molecule has 3 atom stereocenters. The van der Waals surface area contributed by atoms with Gasteiger partial charge in [-0.3, -0.25) is 4.79 Å². The smallest absolute Gasteiger partial charge is 0.173 e. The van der Waals surface area contributed by atoms with E-state index in [0.717, 1.165) is 34.3 Å². The normalized spacial score (nSPS) is 22.2. The number of benzene rings is 5. The second-order valence-electron chi connectivity index (χ2n) is 12.9. The Morgan fingerprint density at radius 1 is 0.689 bits per heavy atom. The Morgan fingerprint density at radius 2 is 1.22 bits per heavy atom. The van der Waals surface area contributed by atoms with Crippen molar-refractivity contribution in [2.75, 3.05) is 4.90 Å². The lowest BCUT2D eigenvalue weighted by Crippen LogP contribution is -2.65. The van der Waals surface area contributed by atoms with Gasteiger partial charge in [-0.25, -0.2) is 0 Å². The first kappa shape index (κ1) is 28.8. The number of carbonyl (C=O) groups is 1. The van der Waals surface area contributed by atoms with Gasteiger partial charge in [0.2, 0.25) is 0 Å². The van der Waals surface area contributed by atoms with E-state index in [9.17, 15) is 0 Å². The molecule has 2 nitrogen and oxygen atoms in total. The molecule has 1 spiro atoms. The molecule has 5 aromatic carbocycles. The Kier molecular flexibility index (Phi) is 7.37. The summed E-state index contributed by atoms with van der Waals surface area (Å²) in [5.41, 5.74) is 7.73. The van der Waals surface area contributed by atoms with Crippen LogP contribution in [0.5, 0.6) is 0 Å². The molecule has 0 saturated heterocycles. The number of nitrogens with zero attached hydrogens (tertiary/aromatic N) is 1. The maximum Gasteiger partial charge on any atom is 0.173 e. The van der Waals surface area contributed by atoms with Gasteiger partial charge in [-0.15, -0.1) is 0 Å². The zero-order valence-electron chi connectivity index (χ0n) is 26.2. The molecule has 7 rings (SSSR count). The number of allylic oxidation sites excluding steroid dienone is 2. The van der Waals surface area contributed by atoms with Crippen LogP contribution in [0.3, 0.4) is 0 Å². The van der Waals surface area contributed by atoms with Crippen LogP contribution in [0.4, 0.5) is 5.69 Å². The van der Waals surface area contributed by atoms with Crippen molar-refractivity contribution in [2.45, 2.75) is 44.2 Å². The summed E-state index contributed by atoms with van der Waals surface area (Å²) >= 11 is 0. The fraction of sp³-hybridized carbons (Fsp3) is 0.186. The Labute approximate surface area is 267 Å². The fourth-order valence-electron chi connectivity index (χ4n) is 8.10. The van der Waals surface area contributed by atoms with E-state index in [1.54, 1.807) is 0 Å². The number of hydrogen-bond donors (Lipinski definition) is 0. The zero-order valence-corrected chi connectivity index (χ0v) is 26.2. The summed E-state index contributed by atoms with van der Waals surface area (Å²) < 4.78 is 0. The van der Waals surface area contributed by atoms with Gasteiger partial charge in [0.15, 0.2) is 5.78 Å². The second kappa shape index (κ2) is 11.5. The molecule has 0 radical (unpaired) electrons. The molecular formula is C43H39NO. The zero-order chi connectivity index (χ0) is 31.0. The van der Waals surface area contributed by atoms with Crippen LogP contribution in [0.25, 0.3) is 11.1 Å². The van der Waals surface area contributed by atoms with Crippen LogP contribution in [-0.2, 0) is 11.8 Å². The van der Waals surface area contributed by atoms with Gasteiger partial charge in [-0.05, 0) is 71.9 Å². The van der Waals surface area contributed by atoms with Crippen molar-refractivity contribution in [3.63, 3.8) is 0 Å². The molecule has 222 valence electrons. The molecule has 5 aromatic rings. The van der Waals surface area contributed by atoms with Crippen molar-refractivity contribution in [2.24, 2.45) is 5.92 Å². The highest BCUT2D eigenvalue weighted by molar-refractivity contribution is 6.10. The quantitative estimate of drug-likeness (QED) is 0.177. The van der Waals surface area contributed by atoms with Crippen LogP contribution >= 0.6 is 0 Å². The van der Waals surface area contributed by atoms with E-state index in [1.165, 1.54) is 16.8 Å². The maximum absolute atomic E-state index is 15.4. The van der Waals surface area contributed by atoms with E-state index >= 15 is 4.79 Å². The fourth-order valence-corrected chi connectivity index (χ4v) is 8.10. The van der Waals surface area contributed by atoms with E-state index in [0.29, 0.717) is 0 Å². The minimum absolute atomic E-state index is 0.123. The molecule has 1 aliphatic heterocycles. The van der Waals surface area contributed by atoms with Crippen LogP contribution in [-0.4, -0.2) is 17.4 Å². The highest BCUT2D eigenvalue weighted by atomic mass is 16.1. The number of para-hydroxylation sites is 1. The van der Waals surface area contributed by atoms with E-state index < -0.39 is 16.9 Å². The number of rotatable bonds is 7. The Bertz CT molecular complexity index is 1870. The first-order valence-corrected chi connectivity index (χ1v) is 16.0. The van der Waals surface area contributed by atoms with Crippen molar-refractivity contribution in [1.82, 2.24) is 0 Å². The third-order valence-corrected chi connectivity index (χ3v) is 9.93. The monoisotopic (exact) mass is 585 g/mol. The van der Waals surface area contributed by atoms with E-state index in [1.807, 2.05) is 30.3 Å². The average Bonchev–Trinajstić information content (AvgIpc) is 3.29. The number of Topliss-reactive ketones (excluding diaryl/α,β-unsaturated/α-hetero) is 1. The summed E-state index contributed by atoms with van der Waals surface area (Å²) in [6.07, 6.45) is 5.53. The predicted octanol–water partition coefficient (Wildman–Crippen LogP) is 9.83. The lowest BCUT2D eigenvalue weighted by atomic mass is 9.54. The summed E-state index contributed by atoms with van der Waals surface area (Å²) in [4.78, 5) is 17.9. The SMILES string of the molecule is CC(C)N1c2ccccc2C(C)(Cc2ccccc2)C12C=C(c1ccccc1)C=C(c1ccccc1)C2C(=O)c1ccccc1.